The molecule has 65 valence electrons. The first-order valence-corrected chi connectivity index (χ1v) is 4.48. The minimum absolute atomic E-state index is 0.187. The van der Waals surface area contributed by atoms with E-state index in [0.29, 0.717) is 0 Å². The van der Waals surface area contributed by atoms with Crippen LogP contribution in [0.15, 0.2) is 0 Å². The van der Waals surface area contributed by atoms with Gasteiger partial charge in [-0.15, -0.1) is 0 Å². The molecule has 0 heterocycles. The molecule has 0 unspecified atom stereocenters. The number of rotatable bonds is 4. The van der Waals surface area contributed by atoms with Crippen LogP contribution in [0.4, 0.5) is 0 Å². The minimum atomic E-state index is -4.15. The van der Waals surface area contributed by atoms with Gasteiger partial charge in [0.25, 0.3) is 0 Å². The van der Waals surface area contributed by atoms with Crippen LogP contribution in [0.1, 0.15) is 6.92 Å². The Bertz CT molecular complexity index is 187. The van der Waals surface area contributed by atoms with Crippen molar-refractivity contribution < 1.29 is 24.3 Å². The van der Waals surface area contributed by atoms with Crippen LogP contribution in [0.3, 0.4) is 0 Å². The smallest absolute Gasteiger partial charge is 0.339 e. The van der Waals surface area contributed by atoms with Crippen LogP contribution in [-0.2, 0) is 9.36 Å². The minimum Gasteiger partial charge on any atom is -0.480 e. The average Bonchev–Trinajstić information content (AvgIpc) is 1.80. The Morgan fingerprint density at radius 2 is 2.00 bits per heavy atom. The van der Waals surface area contributed by atoms with Crippen LogP contribution in [0, 0.1) is 6.04 Å². The lowest BCUT2D eigenvalue weighted by Gasteiger charge is -2.08. The van der Waals surface area contributed by atoms with Crippen LogP contribution in [0.5, 0.6) is 0 Å². The molecule has 0 amide bonds. The van der Waals surface area contributed by atoms with Gasteiger partial charge in [-0.25, -0.2) is 0 Å². The fraction of sp³-hybridized carbons (Fsp3) is 0.500. The van der Waals surface area contributed by atoms with E-state index in [1.54, 1.807) is 0 Å². The van der Waals surface area contributed by atoms with Gasteiger partial charge in [0.1, 0.15) is 6.04 Å². The Kier molecular flexibility index (Phi) is 3.68. The number of carboxylic acids is 1. The van der Waals surface area contributed by atoms with Crippen molar-refractivity contribution in [3.8, 4) is 0 Å². The van der Waals surface area contributed by atoms with Crippen molar-refractivity contribution in [2.24, 2.45) is 0 Å². The maximum Gasteiger partial charge on any atom is 0.339 e. The average molecular weight is 182 g/mol. The third kappa shape index (κ3) is 6.00. The van der Waals surface area contributed by atoms with Crippen molar-refractivity contribution in [3.63, 3.8) is 0 Å². The predicted octanol–water partition coefficient (Wildman–Crippen LogP) is -0.652. The van der Waals surface area contributed by atoms with Crippen molar-refractivity contribution in [2.75, 3.05) is 6.29 Å². The molecule has 0 bridgehead atoms. The predicted molar refractivity (Wildman–Crippen MR) is 36.6 cm³/mol. The van der Waals surface area contributed by atoms with Crippen LogP contribution in [0.2, 0.25) is 0 Å². The molecule has 7 heteroatoms. The van der Waals surface area contributed by atoms with Gasteiger partial charge in [0.2, 0.25) is 0 Å². The van der Waals surface area contributed by atoms with Crippen molar-refractivity contribution in [1.29, 1.82) is 0 Å². The first kappa shape index (κ1) is 10.6. The molecule has 0 aromatic carbocycles. The molecule has 0 aliphatic carbocycles. The Labute approximate surface area is 63.4 Å². The summed E-state index contributed by atoms with van der Waals surface area (Å²) in [5.74, 6) is -1.22. The SMILES string of the molecule is C[C](NCP(=O)(O)O)C(=O)O. The number of aliphatic carboxylic acids is 1. The summed E-state index contributed by atoms with van der Waals surface area (Å²) in [4.78, 5) is 26.6. The third-order valence-corrected chi connectivity index (χ3v) is 1.44. The summed E-state index contributed by atoms with van der Waals surface area (Å²) < 4.78 is 10.2. The lowest BCUT2D eigenvalue weighted by Crippen LogP contribution is -2.26. The second-order valence-corrected chi connectivity index (χ2v) is 3.58. The van der Waals surface area contributed by atoms with Gasteiger partial charge < -0.3 is 14.9 Å². The molecule has 0 aliphatic heterocycles. The van der Waals surface area contributed by atoms with Gasteiger partial charge in [-0.2, -0.15) is 0 Å². The maximum atomic E-state index is 10.2. The second-order valence-electron chi connectivity index (χ2n) is 1.93. The lowest BCUT2D eigenvalue weighted by molar-refractivity contribution is -0.135. The molecule has 0 atom stereocenters. The van der Waals surface area contributed by atoms with Crippen molar-refractivity contribution in [3.05, 3.63) is 6.04 Å². The molecule has 0 aromatic rings. The quantitative estimate of drug-likeness (QED) is 0.430. The first-order valence-electron chi connectivity index (χ1n) is 2.68. The summed E-state index contributed by atoms with van der Waals surface area (Å²) in [6.45, 7) is 1.22. The van der Waals surface area contributed by atoms with Crippen LogP contribution in [0.25, 0.3) is 0 Å². The van der Waals surface area contributed by atoms with Crippen molar-refractivity contribution in [1.82, 2.24) is 5.32 Å². The topological polar surface area (TPSA) is 107 Å². The zero-order chi connectivity index (χ0) is 9.07. The highest BCUT2D eigenvalue weighted by molar-refractivity contribution is 7.51. The molecule has 0 fully saturated rings. The summed E-state index contributed by atoms with van der Waals surface area (Å²) in [7, 11) is -4.15. The Balaban J connectivity index is 3.72. The summed E-state index contributed by atoms with van der Waals surface area (Å²) in [6, 6.07) is -0.187. The lowest BCUT2D eigenvalue weighted by atomic mass is 10.4. The highest BCUT2D eigenvalue weighted by atomic mass is 31.2. The highest BCUT2D eigenvalue weighted by Crippen LogP contribution is 2.32. The van der Waals surface area contributed by atoms with E-state index in [2.05, 4.69) is 5.32 Å². The summed E-state index contributed by atoms with van der Waals surface area (Å²) in [6.07, 6.45) is -0.648. The normalized spacial score (nSPS) is 12.0. The van der Waals surface area contributed by atoms with E-state index in [0.717, 1.165) is 0 Å². The Hall–Kier alpha value is -0.420. The summed E-state index contributed by atoms with van der Waals surface area (Å²) in [5, 5.41) is 10.3. The highest BCUT2D eigenvalue weighted by Gasteiger charge is 2.17. The molecular weight excluding hydrogens is 173 g/mol. The number of nitrogens with one attached hydrogen (secondary N) is 1. The van der Waals surface area contributed by atoms with Gasteiger partial charge in [-0.05, 0) is 6.92 Å². The van der Waals surface area contributed by atoms with E-state index in [1.165, 1.54) is 6.92 Å². The van der Waals surface area contributed by atoms with Gasteiger partial charge in [0, 0.05) is 0 Å². The number of hydrogen-bond acceptors (Lipinski definition) is 3. The van der Waals surface area contributed by atoms with E-state index >= 15 is 0 Å². The van der Waals surface area contributed by atoms with Crippen LogP contribution in [-0.4, -0.2) is 27.1 Å². The molecule has 0 spiro atoms. The van der Waals surface area contributed by atoms with Crippen molar-refractivity contribution >= 4 is 13.6 Å². The van der Waals surface area contributed by atoms with E-state index in [1.807, 2.05) is 0 Å². The number of carboxylic acid groups (broad SMARTS) is 1. The van der Waals surface area contributed by atoms with E-state index < -0.39 is 19.9 Å². The Morgan fingerprint density at radius 3 is 2.27 bits per heavy atom. The number of carbonyl (C=O) groups is 1. The second kappa shape index (κ2) is 3.82. The molecular formula is C4H9NO5P. The fourth-order valence-corrected chi connectivity index (χ4v) is 0.740. The van der Waals surface area contributed by atoms with Crippen LogP contribution < -0.4 is 5.32 Å². The molecule has 0 saturated carbocycles. The number of hydrogen-bond donors (Lipinski definition) is 4. The van der Waals surface area contributed by atoms with E-state index in [4.69, 9.17) is 14.9 Å². The molecule has 0 saturated heterocycles. The molecule has 1 radical (unpaired) electrons. The zero-order valence-corrected chi connectivity index (χ0v) is 6.71. The standard InChI is InChI=1S/C4H9NO5P/c1-3(4(6)7)5-2-11(8,9)10/h5H,2H2,1H3,(H,6,7)(H2,8,9,10). The molecule has 0 aromatic heterocycles. The van der Waals surface area contributed by atoms with Gasteiger partial charge in [0.05, 0.1) is 6.29 Å². The van der Waals surface area contributed by atoms with Crippen molar-refractivity contribution in [2.45, 2.75) is 6.92 Å². The molecule has 11 heavy (non-hydrogen) atoms. The zero-order valence-electron chi connectivity index (χ0n) is 5.81. The monoisotopic (exact) mass is 182 g/mol. The molecule has 0 rings (SSSR count). The van der Waals surface area contributed by atoms with Gasteiger partial charge in [-0.1, -0.05) is 0 Å². The van der Waals surface area contributed by atoms with Gasteiger partial charge in [0.15, 0.2) is 0 Å². The Morgan fingerprint density at radius 1 is 1.55 bits per heavy atom. The molecule has 6 nitrogen and oxygen atoms in total. The maximum absolute atomic E-state index is 10.2. The van der Waals surface area contributed by atoms with E-state index in [-0.39, 0.29) is 6.04 Å². The van der Waals surface area contributed by atoms with E-state index in [9.17, 15) is 9.36 Å². The molecule has 0 aliphatic rings. The first-order chi connectivity index (χ1) is 4.83. The van der Waals surface area contributed by atoms with Gasteiger partial charge in [-0.3, -0.25) is 14.7 Å². The fourth-order valence-electron chi connectivity index (χ4n) is 0.297. The summed E-state index contributed by atoms with van der Waals surface area (Å²) >= 11 is 0. The summed E-state index contributed by atoms with van der Waals surface area (Å²) in [5.41, 5.74) is 0. The molecule has 4 N–H and O–H groups in total. The largest absolute Gasteiger partial charge is 0.480 e. The van der Waals surface area contributed by atoms with Crippen LogP contribution >= 0.6 is 7.60 Å². The third-order valence-electron chi connectivity index (χ3n) is 0.871. The van der Waals surface area contributed by atoms with Gasteiger partial charge >= 0.3 is 13.6 Å².